The summed E-state index contributed by atoms with van der Waals surface area (Å²) in [7, 11) is 1.71. The van der Waals surface area contributed by atoms with E-state index in [4.69, 9.17) is 15.2 Å². The summed E-state index contributed by atoms with van der Waals surface area (Å²) in [5, 5.41) is 0. The Kier molecular flexibility index (Phi) is 3.17. The molecule has 1 aromatic rings. The van der Waals surface area contributed by atoms with E-state index in [2.05, 4.69) is 12.1 Å². The van der Waals surface area contributed by atoms with E-state index in [0.29, 0.717) is 6.54 Å². The summed E-state index contributed by atoms with van der Waals surface area (Å²) in [6.07, 6.45) is 1.85. The van der Waals surface area contributed by atoms with Crippen molar-refractivity contribution in [2.24, 2.45) is 5.73 Å². The fourth-order valence-corrected chi connectivity index (χ4v) is 2.01. The molecule has 0 saturated heterocycles. The van der Waals surface area contributed by atoms with Gasteiger partial charge in [0.15, 0.2) is 0 Å². The Hall–Kier alpha value is -1.06. The molecule has 16 heavy (non-hydrogen) atoms. The molecular weight excluding hydrogens is 202 g/mol. The first-order valence-electron chi connectivity index (χ1n) is 5.67. The maximum atomic E-state index is 5.73. The van der Waals surface area contributed by atoms with E-state index in [-0.39, 0.29) is 5.60 Å². The highest BCUT2D eigenvalue weighted by Gasteiger charge is 2.23. The van der Waals surface area contributed by atoms with E-state index in [9.17, 15) is 0 Å². The van der Waals surface area contributed by atoms with E-state index >= 15 is 0 Å². The number of ether oxygens (including phenoxy) is 2. The molecule has 0 radical (unpaired) electrons. The highest BCUT2D eigenvalue weighted by atomic mass is 16.5. The molecule has 1 heterocycles. The van der Waals surface area contributed by atoms with Gasteiger partial charge in [-0.25, -0.2) is 0 Å². The van der Waals surface area contributed by atoms with Crippen molar-refractivity contribution in [3.8, 4) is 5.75 Å². The van der Waals surface area contributed by atoms with E-state index in [0.717, 1.165) is 25.2 Å². The second-order valence-corrected chi connectivity index (χ2v) is 4.58. The van der Waals surface area contributed by atoms with Gasteiger partial charge in [-0.3, -0.25) is 0 Å². The van der Waals surface area contributed by atoms with E-state index < -0.39 is 0 Å². The Morgan fingerprint density at radius 2 is 2.31 bits per heavy atom. The molecule has 0 bridgehead atoms. The zero-order chi connectivity index (χ0) is 11.6. The molecule has 1 atom stereocenters. The Balaban J connectivity index is 2.16. The number of methoxy groups -OCH3 is 1. The van der Waals surface area contributed by atoms with Gasteiger partial charge in [0.1, 0.15) is 5.75 Å². The number of benzene rings is 1. The minimum absolute atomic E-state index is 0.270. The van der Waals surface area contributed by atoms with Crippen LogP contribution in [0.25, 0.3) is 0 Å². The van der Waals surface area contributed by atoms with Crippen LogP contribution in [0.2, 0.25) is 0 Å². The first-order chi connectivity index (χ1) is 7.67. The monoisotopic (exact) mass is 221 g/mol. The Bertz CT molecular complexity index is 372. The smallest absolute Gasteiger partial charge is 0.122 e. The summed E-state index contributed by atoms with van der Waals surface area (Å²) < 4.78 is 10.9. The standard InChI is InChI=1S/C13H19NO2/c1-13(9-14,15-2)8-10-3-4-12-11(7-10)5-6-16-12/h3-4,7H,5-6,8-9,14H2,1-2H3. The highest BCUT2D eigenvalue weighted by Crippen LogP contribution is 2.27. The minimum Gasteiger partial charge on any atom is -0.493 e. The van der Waals surface area contributed by atoms with E-state index in [1.54, 1.807) is 7.11 Å². The summed E-state index contributed by atoms with van der Waals surface area (Å²) in [4.78, 5) is 0. The lowest BCUT2D eigenvalue weighted by molar-refractivity contribution is 0.0143. The number of rotatable bonds is 4. The lowest BCUT2D eigenvalue weighted by atomic mass is 9.95. The van der Waals surface area contributed by atoms with Gasteiger partial charge in [-0.1, -0.05) is 12.1 Å². The van der Waals surface area contributed by atoms with Crippen LogP contribution in [0.1, 0.15) is 18.1 Å². The predicted octanol–water partition coefficient (Wildman–Crippen LogP) is 1.53. The van der Waals surface area contributed by atoms with Crippen molar-refractivity contribution in [2.75, 3.05) is 20.3 Å². The summed E-state index contributed by atoms with van der Waals surface area (Å²) in [5.74, 6) is 1.02. The minimum atomic E-state index is -0.270. The third kappa shape index (κ3) is 2.20. The molecule has 1 unspecified atom stereocenters. The van der Waals surface area contributed by atoms with Gasteiger partial charge in [0.05, 0.1) is 12.2 Å². The van der Waals surface area contributed by atoms with Crippen LogP contribution in [0, 0.1) is 0 Å². The van der Waals surface area contributed by atoms with Gasteiger partial charge in [0.2, 0.25) is 0 Å². The van der Waals surface area contributed by atoms with Crippen LogP contribution < -0.4 is 10.5 Å². The van der Waals surface area contributed by atoms with Crippen molar-refractivity contribution in [2.45, 2.75) is 25.4 Å². The van der Waals surface area contributed by atoms with Gasteiger partial charge in [-0.05, 0) is 24.1 Å². The third-order valence-corrected chi connectivity index (χ3v) is 3.26. The molecule has 0 aliphatic carbocycles. The van der Waals surface area contributed by atoms with Crippen LogP contribution in [0.15, 0.2) is 18.2 Å². The molecule has 1 aliphatic rings. The predicted molar refractivity (Wildman–Crippen MR) is 63.8 cm³/mol. The van der Waals surface area contributed by atoms with Crippen molar-refractivity contribution in [3.05, 3.63) is 29.3 Å². The second-order valence-electron chi connectivity index (χ2n) is 4.58. The van der Waals surface area contributed by atoms with Crippen LogP contribution in [0.5, 0.6) is 5.75 Å². The van der Waals surface area contributed by atoms with Gasteiger partial charge in [0, 0.05) is 26.5 Å². The first-order valence-corrected chi connectivity index (χ1v) is 5.67. The molecule has 2 N–H and O–H groups in total. The normalized spacial score (nSPS) is 17.7. The molecule has 2 rings (SSSR count). The Morgan fingerprint density at radius 3 is 3.00 bits per heavy atom. The highest BCUT2D eigenvalue weighted by molar-refractivity contribution is 5.40. The van der Waals surface area contributed by atoms with Crippen LogP contribution in [-0.2, 0) is 17.6 Å². The van der Waals surface area contributed by atoms with Crippen molar-refractivity contribution >= 4 is 0 Å². The van der Waals surface area contributed by atoms with Crippen molar-refractivity contribution < 1.29 is 9.47 Å². The number of fused-ring (bicyclic) bond motifs is 1. The number of hydrogen-bond acceptors (Lipinski definition) is 3. The fraction of sp³-hybridized carbons (Fsp3) is 0.538. The molecule has 3 nitrogen and oxygen atoms in total. The zero-order valence-corrected chi connectivity index (χ0v) is 9.95. The van der Waals surface area contributed by atoms with Crippen molar-refractivity contribution in [1.29, 1.82) is 0 Å². The summed E-state index contributed by atoms with van der Waals surface area (Å²) in [5.41, 5.74) is 8.02. The number of hydrogen-bond donors (Lipinski definition) is 1. The van der Waals surface area contributed by atoms with Crippen molar-refractivity contribution in [1.82, 2.24) is 0 Å². The molecule has 1 aromatic carbocycles. The van der Waals surface area contributed by atoms with Crippen LogP contribution in [-0.4, -0.2) is 25.9 Å². The average Bonchev–Trinajstić information content (AvgIpc) is 2.76. The first kappa shape index (κ1) is 11.4. The second kappa shape index (κ2) is 4.44. The zero-order valence-electron chi connectivity index (χ0n) is 9.95. The molecule has 88 valence electrons. The molecule has 3 heteroatoms. The van der Waals surface area contributed by atoms with Crippen LogP contribution in [0.4, 0.5) is 0 Å². The molecular formula is C13H19NO2. The topological polar surface area (TPSA) is 44.5 Å². The van der Waals surface area contributed by atoms with Crippen LogP contribution in [0.3, 0.4) is 0 Å². The largest absolute Gasteiger partial charge is 0.493 e. The van der Waals surface area contributed by atoms with E-state index in [1.165, 1.54) is 11.1 Å². The molecule has 0 saturated carbocycles. The van der Waals surface area contributed by atoms with Gasteiger partial charge in [0.25, 0.3) is 0 Å². The van der Waals surface area contributed by atoms with Crippen LogP contribution >= 0.6 is 0 Å². The third-order valence-electron chi connectivity index (χ3n) is 3.26. The molecule has 0 amide bonds. The SMILES string of the molecule is COC(C)(CN)Cc1ccc2c(c1)CCO2. The average molecular weight is 221 g/mol. The lowest BCUT2D eigenvalue weighted by Gasteiger charge is -2.26. The molecule has 0 aromatic heterocycles. The quantitative estimate of drug-likeness (QED) is 0.838. The van der Waals surface area contributed by atoms with Gasteiger partial charge >= 0.3 is 0 Å². The molecule has 0 fully saturated rings. The van der Waals surface area contributed by atoms with Crippen molar-refractivity contribution in [3.63, 3.8) is 0 Å². The molecule has 0 spiro atoms. The summed E-state index contributed by atoms with van der Waals surface area (Å²) in [6, 6.07) is 6.34. The fourth-order valence-electron chi connectivity index (χ4n) is 2.01. The lowest BCUT2D eigenvalue weighted by Crippen LogP contribution is -2.38. The Morgan fingerprint density at radius 1 is 1.50 bits per heavy atom. The Labute approximate surface area is 96.5 Å². The summed E-state index contributed by atoms with van der Waals surface area (Å²) >= 11 is 0. The maximum absolute atomic E-state index is 5.73. The molecule has 1 aliphatic heterocycles. The van der Waals surface area contributed by atoms with Gasteiger partial charge in [-0.15, -0.1) is 0 Å². The number of nitrogens with two attached hydrogens (primary N) is 1. The summed E-state index contributed by atoms with van der Waals surface area (Å²) in [6.45, 7) is 3.37. The van der Waals surface area contributed by atoms with E-state index in [1.807, 2.05) is 13.0 Å². The van der Waals surface area contributed by atoms with Gasteiger partial charge in [-0.2, -0.15) is 0 Å². The van der Waals surface area contributed by atoms with Gasteiger partial charge < -0.3 is 15.2 Å². The maximum Gasteiger partial charge on any atom is 0.122 e.